The predicted octanol–water partition coefficient (Wildman–Crippen LogP) is 3.69. The summed E-state index contributed by atoms with van der Waals surface area (Å²) in [5, 5.41) is 3.31. The first kappa shape index (κ1) is 16.8. The van der Waals surface area contributed by atoms with Crippen molar-refractivity contribution in [3.05, 3.63) is 59.4 Å². The van der Waals surface area contributed by atoms with Crippen LogP contribution in [0, 0.1) is 5.82 Å². The Balaban J connectivity index is 2.02. The highest BCUT2D eigenvalue weighted by Gasteiger charge is 2.09. The fourth-order valence-corrected chi connectivity index (χ4v) is 2.32. The van der Waals surface area contributed by atoms with Gasteiger partial charge in [0.15, 0.2) is 0 Å². The average molecular weight is 316 g/mol. The Labute approximate surface area is 135 Å². The molecule has 3 N–H and O–H groups in total. The van der Waals surface area contributed by atoms with Crippen LogP contribution in [-0.4, -0.2) is 13.1 Å². The zero-order valence-corrected chi connectivity index (χ0v) is 13.3. The van der Waals surface area contributed by atoms with Crippen LogP contribution in [0.5, 0.6) is 0 Å². The molecule has 122 valence electrons. The molecule has 0 saturated heterocycles. The van der Waals surface area contributed by atoms with Gasteiger partial charge in [0.25, 0.3) is 0 Å². The Morgan fingerprint density at radius 2 is 1.96 bits per heavy atom. The van der Waals surface area contributed by atoms with E-state index >= 15 is 0 Å². The van der Waals surface area contributed by atoms with E-state index in [0.29, 0.717) is 18.5 Å². The number of halogens is 1. The molecule has 0 amide bonds. The predicted molar refractivity (Wildman–Crippen MR) is 89.6 cm³/mol. The molecule has 0 aliphatic carbocycles. The van der Waals surface area contributed by atoms with Gasteiger partial charge in [0.2, 0.25) is 0 Å². The number of anilines is 2. The number of ether oxygens (including phenoxy) is 1. The second-order valence-electron chi connectivity index (χ2n) is 5.42. The van der Waals surface area contributed by atoms with Gasteiger partial charge in [-0.1, -0.05) is 18.2 Å². The molecular weight excluding hydrogens is 295 g/mol. The maximum absolute atomic E-state index is 13.0. The van der Waals surface area contributed by atoms with Crippen molar-refractivity contribution in [3.8, 4) is 0 Å². The van der Waals surface area contributed by atoms with Crippen LogP contribution in [0.4, 0.5) is 15.8 Å². The summed E-state index contributed by atoms with van der Waals surface area (Å²) in [6, 6.07) is 12.0. The van der Waals surface area contributed by atoms with Gasteiger partial charge >= 0.3 is 5.97 Å². The number of nitrogens with one attached hydrogen (secondary N) is 1. The number of esters is 1. The minimum absolute atomic E-state index is 0.00109. The van der Waals surface area contributed by atoms with E-state index in [4.69, 9.17) is 5.73 Å². The summed E-state index contributed by atoms with van der Waals surface area (Å²) in [5.74, 6) is -0.494. The van der Waals surface area contributed by atoms with Gasteiger partial charge < -0.3 is 15.8 Å². The van der Waals surface area contributed by atoms with E-state index in [1.54, 1.807) is 12.1 Å². The van der Waals surface area contributed by atoms with Gasteiger partial charge in [-0.15, -0.1) is 0 Å². The number of nitrogen functional groups attached to an aromatic ring is 1. The highest BCUT2D eigenvalue weighted by atomic mass is 19.1. The molecule has 0 aromatic heterocycles. The number of rotatable bonds is 6. The number of benzene rings is 2. The van der Waals surface area contributed by atoms with Crippen LogP contribution in [0.3, 0.4) is 0 Å². The molecule has 1 atom stereocenters. The number of aryl methyl sites for hydroxylation is 1. The zero-order chi connectivity index (χ0) is 16.8. The Kier molecular flexibility index (Phi) is 5.57. The third-order valence-electron chi connectivity index (χ3n) is 3.70. The third-order valence-corrected chi connectivity index (χ3v) is 3.70. The highest BCUT2D eigenvalue weighted by molar-refractivity contribution is 5.70. The summed E-state index contributed by atoms with van der Waals surface area (Å²) >= 11 is 0. The monoisotopic (exact) mass is 316 g/mol. The molecule has 1 unspecified atom stereocenters. The van der Waals surface area contributed by atoms with E-state index in [2.05, 4.69) is 10.1 Å². The van der Waals surface area contributed by atoms with Gasteiger partial charge in [0.05, 0.1) is 18.5 Å². The Bertz CT molecular complexity index is 671. The molecule has 0 radical (unpaired) electrons. The topological polar surface area (TPSA) is 64.3 Å². The lowest BCUT2D eigenvalue weighted by atomic mass is 10.1. The Morgan fingerprint density at radius 1 is 1.26 bits per heavy atom. The second-order valence-corrected chi connectivity index (χ2v) is 5.42. The minimum Gasteiger partial charge on any atom is -0.469 e. The van der Waals surface area contributed by atoms with Crippen molar-refractivity contribution in [1.82, 2.24) is 0 Å². The number of carbonyl (C=O) groups is 1. The van der Waals surface area contributed by atoms with E-state index in [1.807, 2.05) is 25.1 Å². The number of methoxy groups -OCH3 is 1. The van der Waals surface area contributed by atoms with Crippen LogP contribution >= 0.6 is 0 Å². The molecule has 4 nitrogen and oxygen atoms in total. The highest BCUT2D eigenvalue weighted by Crippen LogP contribution is 2.25. The minimum atomic E-state index is -0.254. The number of hydrogen-bond donors (Lipinski definition) is 2. The van der Waals surface area contributed by atoms with Crippen LogP contribution in [0.2, 0.25) is 0 Å². The smallest absolute Gasteiger partial charge is 0.305 e. The molecule has 0 heterocycles. The van der Waals surface area contributed by atoms with Crippen molar-refractivity contribution < 1.29 is 13.9 Å². The van der Waals surface area contributed by atoms with Crippen molar-refractivity contribution >= 4 is 17.3 Å². The van der Waals surface area contributed by atoms with E-state index in [0.717, 1.165) is 16.8 Å². The van der Waals surface area contributed by atoms with E-state index in [9.17, 15) is 9.18 Å². The first-order valence-corrected chi connectivity index (χ1v) is 7.47. The number of carbonyl (C=O) groups excluding carboxylic acids is 1. The Hall–Kier alpha value is -2.56. The third kappa shape index (κ3) is 4.71. The average Bonchev–Trinajstić information content (AvgIpc) is 2.55. The molecule has 2 rings (SSSR count). The second kappa shape index (κ2) is 7.63. The maximum Gasteiger partial charge on any atom is 0.305 e. The van der Waals surface area contributed by atoms with Gasteiger partial charge in [-0.25, -0.2) is 4.39 Å². The quantitative estimate of drug-likeness (QED) is 0.630. The van der Waals surface area contributed by atoms with Gasteiger partial charge in [0, 0.05) is 12.5 Å². The van der Waals surface area contributed by atoms with Gasteiger partial charge in [-0.2, -0.15) is 0 Å². The van der Waals surface area contributed by atoms with Crippen LogP contribution < -0.4 is 11.1 Å². The van der Waals surface area contributed by atoms with E-state index in [-0.39, 0.29) is 17.8 Å². The molecule has 0 spiro atoms. The number of hydrogen-bond acceptors (Lipinski definition) is 4. The van der Waals surface area contributed by atoms with Crippen molar-refractivity contribution in [3.63, 3.8) is 0 Å². The van der Waals surface area contributed by atoms with E-state index in [1.165, 1.54) is 19.2 Å². The molecule has 0 aliphatic heterocycles. The molecule has 23 heavy (non-hydrogen) atoms. The zero-order valence-electron chi connectivity index (χ0n) is 13.3. The van der Waals surface area contributed by atoms with Crippen molar-refractivity contribution in [2.75, 3.05) is 18.2 Å². The first-order chi connectivity index (χ1) is 11.0. The molecule has 0 saturated carbocycles. The largest absolute Gasteiger partial charge is 0.469 e. The molecule has 0 aliphatic rings. The fourth-order valence-electron chi connectivity index (χ4n) is 2.32. The summed E-state index contributed by atoms with van der Waals surface area (Å²) in [5.41, 5.74) is 9.45. The normalized spacial score (nSPS) is 11.8. The molecule has 0 bridgehead atoms. The first-order valence-electron chi connectivity index (χ1n) is 7.47. The van der Waals surface area contributed by atoms with E-state index < -0.39 is 0 Å². The summed E-state index contributed by atoms with van der Waals surface area (Å²) in [4.78, 5) is 11.2. The molecular formula is C18H21FN2O2. The van der Waals surface area contributed by atoms with Crippen molar-refractivity contribution in [2.45, 2.75) is 25.8 Å². The molecule has 2 aromatic rings. The summed E-state index contributed by atoms with van der Waals surface area (Å²) < 4.78 is 17.6. The lowest BCUT2D eigenvalue weighted by Crippen LogP contribution is -2.09. The summed E-state index contributed by atoms with van der Waals surface area (Å²) in [6.45, 7) is 1.98. The van der Waals surface area contributed by atoms with Gasteiger partial charge in [-0.05, 0) is 48.7 Å². The van der Waals surface area contributed by atoms with Crippen molar-refractivity contribution in [1.29, 1.82) is 0 Å². The Morgan fingerprint density at radius 3 is 2.57 bits per heavy atom. The lowest BCUT2D eigenvalue weighted by molar-refractivity contribution is -0.140. The van der Waals surface area contributed by atoms with Gasteiger partial charge in [0.1, 0.15) is 5.82 Å². The standard InChI is InChI=1S/C18H21FN2O2/c1-12(14-5-7-15(19)8-6-14)21-17-9-3-13(11-16(17)20)4-10-18(22)23-2/h3,5-9,11-12,21H,4,10,20H2,1-2H3. The molecule has 5 heteroatoms. The van der Waals surface area contributed by atoms with Gasteiger partial charge in [-0.3, -0.25) is 4.79 Å². The fraction of sp³-hybridized carbons (Fsp3) is 0.278. The maximum atomic E-state index is 13.0. The summed E-state index contributed by atoms with van der Waals surface area (Å²) in [6.07, 6.45) is 0.916. The number of nitrogens with two attached hydrogens (primary N) is 1. The SMILES string of the molecule is COC(=O)CCc1ccc(NC(C)c2ccc(F)cc2)c(N)c1. The van der Waals surface area contributed by atoms with Crippen LogP contribution in [-0.2, 0) is 16.0 Å². The van der Waals surface area contributed by atoms with Crippen LogP contribution in [0.1, 0.15) is 30.5 Å². The molecule has 0 fully saturated rings. The lowest BCUT2D eigenvalue weighted by Gasteiger charge is -2.18. The molecule has 2 aromatic carbocycles. The van der Waals surface area contributed by atoms with Crippen molar-refractivity contribution in [2.24, 2.45) is 0 Å². The van der Waals surface area contributed by atoms with Crippen LogP contribution in [0.25, 0.3) is 0 Å². The summed E-state index contributed by atoms with van der Waals surface area (Å²) in [7, 11) is 1.38. The van der Waals surface area contributed by atoms with Crippen LogP contribution in [0.15, 0.2) is 42.5 Å².